The van der Waals surface area contributed by atoms with E-state index in [-0.39, 0.29) is 36.1 Å². The Hall–Kier alpha value is -4.33. The number of fused-ring (bicyclic) bond motifs is 2. The Morgan fingerprint density at radius 2 is 1.98 bits per heavy atom. The number of hydrogen-bond donors (Lipinski definition) is 2. The highest BCUT2D eigenvalue weighted by Crippen LogP contribution is 2.43. The van der Waals surface area contributed by atoms with Gasteiger partial charge < -0.3 is 15.8 Å². The van der Waals surface area contributed by atoms with Crippen molar-refractivity contribution in [2.45, 2.75) is 56.7 Å². The number of pyridine rings is 1. The van der Waals surface area contributed by atoms with Crippen molar-refractivity contribution >= 4 is 23.1 Å². The van der Waals surface area contributed by atoms with Gasteiger partial charge in [-0.1, -0.05) is 0 Å². The maximum atomic E-state index is 14.6. The Balaban J connectivity index is 1.34. The summed E-state index contributed by atoms with van der Waals surface area (Å²) in [4.78, 5) is 27.9. The first-order valence-corrected chi connectivity index (χ1v) is 14.3. The van der Waals surface area contributed by atoms with Crippen LogP contribution in [0.4, 0.5) is 33.6 Å². The van der Waals surface area contributed by atoms with Crippen molar-refractivity contribution in [3.05, 3.63) is 65.9 Å². The molecule has 2 aliphatic rings. The number of nitrogen functional groups attached to an aromatic ring is 1. The number of aromatic nitrogens is 4. The lowest BCUT2D eigenvalue weighted by atomic mass is 9.85. The van der Waals surface area contributed by atoms with Crippen LogP contribution in [0, 0.1) is 0 Å². The highest BCUT2D eigenvalue weighted by Gasteiger charge is 2.48. The number of anilines is 2. The summed E-state index contributed by atoms with van der Waals surface area (Å²) in [5.74, 6) is -2.62. The number of benzene rings is 1. The largest absolute Gasteiger partial charge is 0.493 e. The van der Waals surface area contributed by atoms with Crippen molar-refractivity contribution in [1.82, 2.24) is 24.3 Å². The molecule has 0 aliphatic carbocycles. The summed E-state index contributed by atoms with van der Waals surface area (Å²) in [7, 11) is 0. The Morgan fingerprint density at radius 3 is 2.75 bits per heavy atom. The van der Waals surface area contributed by atoms with Gasteiger partial charge in [-0.2, -0.15) is 13.2 Å². The molecule has 232 valence electrons. The van der Waals surface area contributed by atoms with Crippen LogP contribution in [0.15, 0.2) is 48.9 Å². The minimum atomic E-state index is -4.59. The van der Waals surface area contributed by atoms with E-state index in [4.69, 9.17) is 15.5 Å². The second kappa shape index (κ2) is 11.3. The van der Waals surface area contributed by atoms with Gasteiger partial charge in [-0.3, -0.25) is 14.1 Å². The van der Waals surface area contributed by atoms with Gasteiger partial charge in [-0.05, 0) is 63.1 Å². The maximum absolute atomic E-state index is 14.6. The molecule has 9 nitrogen and oxygen atoms in total. The molecule has 3 N–H and O–H groups in total. The molecule has 2 aliphatic heterocycles. The third-order valence-electron chi connectivity index (χ3n) is 8.23. The van der Waals surface area contributed by atoms with E-state index in [1.54, 1.807) is 25.4 Å². The second-order valence-corrected chi connectivity index (χ2v) is 11.0. The molecule has 2 saturated heterocycles. The SMILES string of the molecule is CCOc1cc(C(=O)Nc2cc(C(F)(F)F)ccn2)ccc1-c1nc([C@H]2CC[C@H]3N(CCCC3(F)F)C2)n2ccnc(N)c12. The Bertz CT molecular complexity index is 1710. The van der Waals surface area contributed by atoms with Crippen molar-refractivity contribution in [2.75, 3.05) is 30.7 Å². The number of nitrogens with zero attached hydrogens (tertiary/aromatic N) is 5. The number of alkyl halides is 5. The predicted octanol–water partition coefficient (Wildman–Crippen LogP) is 6.02. The minimum absolute atomic E-state index is 0.0951. The van der Waals surface area contributed by atoms with Crippen molar-refractivity contribution in [2.24, 2.45) is 0 Å². The summed E-state index contributed by atoms with van der Waals surface area (Å²) in [6, 6.07) is 5.39. The standard InChI is InChI=1S/C30H30F5N7O2/c1-2-44-21-14-17(28(43)39-23-15-19(8-10-37-23)30(33,34)35)4-6-20(21)24-25-26(36)38-11-13-42(25)27(40-24)18-5-7-22-29(31,32)9-3-12-41(22)16-18/h4,6,8,10-11,13-15,18,22H,2-3,5,7,9,12,16H2,1H3,(H2,36,38)(H,37,39,43)/t18-,22+/m0/s1. The summed E-state index contributed by atoms with van der Waals surface area (Å²) in [5.41, 5.74) is 7.00. The normalized spacial score (nSPS) is 20.3. The number of amides is 1. The smallest absolute Gasteiger partial charge is 0.416 e. The molecule has 14 heteroatoms. The van der Waals surface area contributed by atoms with E-state index in [0.717, 1.165) is 18.3 Å². The third-order valence-corrected chi connectivity index (χ3v) is 8.23. The van der Waals surface area contributed by atoms with Crippen molar-refractivity contribution < 1.29 is 31.5 Å². The molecule has 5 heterocycles. The zero-order chi connectivity index (χ0) is 31.2. The molecule has 3 aromatic heterocycles. The van der Waals surface area contributed by atoms with Crippen molar-refractivity contribution in [3.63, 3.8) is 0 Å². The van der Waals surface area contributed by atoms with E-state index in [1.807, 2.05) is 9.30 Å². The molecule has 1 amide bonds. The van der Waals surface area contributed by atoms with Crippen molar-refractivity contribution in [1.29, 1.82) is 0 Å². The molecule has 2 atom stereocenters. The zero-order valence-electron chi connectivity index (χ0n) is 23.7. The van der Waals surface area contributed by atoms with Gasteiger partial charge in [0, 0.05) is 48.6 Å². The van der Waals surface area contributed by atoms with Gasteiger partial charge >= 0.3 is 6.18 Å². The number of carbonyl (C=O) groups is 1. The average molecular weight is 616 g/mol. The summed E-state index contributed by atoms with van der Waals surface area (Å²) in [6.07, 6.45) is 0.874. The van der Waals surface area contributed by atoms with Crippen LogP contribution in [0.25, 0.3) is 16.8 Å². The molecule has 0 spiro atoms. The minimum Gasteiger partial charge on any atom is -0.493 e. The monoisotopic (exact) mass is 615 g/mol. The molecule has 4 aromatic rings. The van der Waals surface area contributed by atoms with Crippen LogP contribution >= 0.6 is 0 Å². The van der Waals surface area contributed by atoms with E-state index >= 15 is 0 Å². The molecule has 1 aromatic carbocycles. The van der Waals surface area contributed by atoms with Crippen LogP contribution in [0.1, 0.15) is 60.3 Å². The first-order valence-electron chi connectivity index (χ1n) is 14.3. The van der Waals surface area contributed by atoms with E-state index in [0.29, 0.717) is 60.7 Å². The molecular weight excluding hydrogens is 585 g/mol. The van der Waals surface area contributed by atoms with Gasteiger partial charge in [-0.25, -0.2) is 23.7 Å². The van der Waals surface area contributed by atoms with Gasteiger partial charge in [0.15, 0.2) is 0 Å². The van der Waals surface area contributed by atoms with Crippen LogP contribution in [0.5, 0.6) is 5.75 Å². The molecule has 0 saturated carbocycles. The van der Waals surface area contributed by atoms with E-state index in [9.17, 15) is 26.7 Å². The number of rotatable bonds is 6. The molecule has 6 rings (SSSR count). The van der Waals surface area contributed by atoms with Gasteiger partial charge in [0.05, 0.1) is 18.2 Å². The number of carbonyl (C=O) groups excluding carboxylic acids is 1. The number of ether oxygens (including phenoxy) is 1. The molecular formula is C30H30F5N7O2. The lowest BCUT2D eigenvalue weighted by Gasteiger charge is -2.46. The fourth-order valence-corrected chi connectivity index (χ4v) is 6.22. The highest BCUT2D eigenvalue weighted by atomic mass is 19.4. The average Bonchev–Trinajstić information content (AvgIpc) is 3.37. The summed E-state index contributed by atoms with van der Waals surface area (Å²) in [5, 5.41) is 2.40. The quantitative estimate of drug-likeness (QED) is 0.255. The van der Waals surface area contributed by atoms with Crippen LogP contribution < -0.4 is 15.8 Å². The van der Waals surface area contributed by atoms with Crippen LogP contribution in [-0.4, -0.2) is 61.8 Å². The lowest BCUT2D eigenvalue weighted by Crippen LogP contribution is -2.55. The number of nitrogens with one attached hydrogen (secondary N) is 1. The van der Waals surface area contributed by atoms with Crippen LogP contribution in [0.2, 0.25) is 0 Å². The number of halogens is 5. The first-order chi connectivity index (χ1) is 21.0. The predicted molar refractivity (Wildman–Crippen MR) is 153 cm³/mol. The van der Waals surface area contributed by atoms with Gasteiger partial charge in [-0.15, -0.1) is 0 Å². The second-order valence-electron chi connectivity index (χ2n) is 11.0. The summed E-state index contributed by atoms with van der Waals surface area (Å²) in [6.45, 7) is 3.04. The van der Waals surface area contributed by atoms with Gasteiger partial charge in [0.2, 0.25) is 0 Å². The summed E-state index contributed by atoms with van der Waals surface area (Å²) >= 11 is 0. The summed E-state index contributed by atoms with van der Waals surface area (Å²) < 4.78 is 76.3. The lowest BCUT2D eigenvalue weighted by molar-refractivity contribution is -0.137. The zero-order valence-corrected chi connectivity index (χ0v) is 23.7. The molecule has 44 heavy (non-hydrogen) atoms. The topological polar surface area (TPSA) is 111 Å². The molecule has 0 radical (unpaired) electrons. The maximum Gasteiger partial charge on any atom is 0.416 e. The number of nitrogens with two attached hydrogens (primary N) is 1. The molecule has 0 unspecified atom stereocenters. The number of imidazole rings is 1. The van der Waals surface area contributed by atoms with E-state index in [1.165, 1.54) is 12.1 Å². The first kappa shape index (κ1) is 29.7. The Labute approximate surface area is 249 Å². The Morgan fingerprint density at radius 1 is 1.16 bits per heavy atom. The van der Waals surface area contributed by atoms with Crippen LogP contribution in [0.3, 0.4) is 0 Å². The van der Waals surface area contributed by atoms with E-state index in [2.05, 4.69) is 15.3 Å². The van der Waals surface area contributed by atoms with Gasteiger partial charge in [0.1, 0.15) is 34.4 Å². The van der Waals surface area contributed by atoms with Crippen LogP contribution in [-0.2, 0) is 6.18 Å². The molecule has 0 bridgehead atoms. The fraction of sp³-hybridized carbons (Fsp3) is 0.400. The highest BCUT2D eigenvalue weighted by molar-refractivity contribution is 6.04. The van der Waals surface area contributed by atoms with E-state index < -0.39 is 29.6 Å². The Kier molecular flexibility index (Phi) is 7.64. The van der Waals surface area contributed by atoms with Crippen molar-refractivity contribution in [3.8, 4) is 17.0 Å². The fourth-order valence-electron chi connectivity index (χ4n) is 6.22. The molecule has 2 fully saturated rings. The number of hydrogen-bond acceptors (Lipinski definition) is 7. The van der Waals surface area contributed by atoms with Gasteiger partial charge in [0.25, 0.3) is 11.8 Å². The number of piperidine rings is 2. The third kappa shape index (κ3) is 5.53.